The van der Waals surface area contributed by atoms with Gasteiger partial charge in [0.1, 0.15) is 23.3 Å². The molecule has 7 nitrogen and oxygen atoms in total. The fourth-order valence-electron chi connectivity index (χ4n) is 3.83. The number of nitriles is 1. The average molecular weight is 370 g/mol. The van der Waals surface area contributed by atoms with Crippen molar-refractivity contribution < 1.29 is 14.3 Å². The van der Waals surface area contributed by atoms with Crippen LogP contribution in [0.15, 0.2) is 18.3 Å². The molecule has 2 saturated heterocycles. The molecule has 0 unspecified atom stereocenters. The molecule has 0 aromatic carbocycles. The first-order valence-corrected chi connectivity index (χ1v) is 9.35. The highest BCUT2D eigenvalue weighted by Gasteiger charge is 2.46. The van der Waals surface area contributed by atoms with Crippen molar-refractivity contribution in [3.63, 3.8) is 0 Å². The van der Waals surface area contributed by atoms with Crippen LogP contribution >= 0.6 is 0 Å². The summed E-state index contributed by atoms with van der Waals surface area (Å²) >= 11 is 0. The van der Waals surface area contributed by atoms with Gasteiger partial charge in [-0.1, -0.05) is 0 Å². The maximum Gasteiger partial charge on any atom is 0.410 e. The molecular weight excluding hydrogens is 344 g/mol. The smallest absolute Gasteiger partial charge is 0.410 e. The summed E-state index contributed by atoms with van der Waals surface area (Å²) in [4.78, 5) is 33.2. The first-order chi connectivity index (χ1) is 12.7. The lowest BCUT2D eigenvalue weighted by Crippen LogP contribution is -2.56. The van der Waals surface area contributed by atoms with Gasteiger partial charge in [-0.15, -0.1) is 0 Å². The minimum absolute atomic E-state index is 0.247. The third kappa shape index (κ3) is 4.05. The molecule has 2 aliphatic heterocycles. The SMILES string of the molecule is CC(C)(C)OC(=O)N1CCC2(CC1)CN(c1ncccc1C#N)CCC2=O. The summed E-state index contributed by atoms with van der Waals surface area (Å²) in [5.41, 5.74) is -0.495. The molecule has 27 heavy (non-hydrogen) atoms. The molecule has 2 aliphatic rings. The Morgan fingerprint density at radius 2 is 2.00 bits per heavy atom. The van der Waals surface area contributed by atoms with Crippen LogP contribution in [-0.4, -0.2) is 53.5 Å². The van der Waals surface area contributed by atoms with Gasteiger partial charge < -0.3 is 14.5 Å². The molecule has 3 rings (SSSR count). The van der Waals surface area contributed by atoms with E-state index in [4.69, 9.17) is 4.74 Å². The monoisotopic (exact) mass is 370 g/mol. The summed E-state index contributed by atoms with van der Waals surface area (Å²) in [6, 6.07) is 5.67. The topological polar surface area (TPSA) is 86.5 Å². The van der Waals surface area contributed by atoms with E-state index in [0.717, 1.165) is 0 Å². The largest absolute Gasteiger partial charge is 0.444 e. The molecule has 0 saturated carbocycles. The Kier molecular flexibility index (Phi) is 5.09. The van der Waals surface area contributed by atoms with Gasteiger partial charge >= 0.3 is 6.09 Å². The number of piperidine rings is 2. The van der Waals surface area contributed by atoms with Crippen LogP contribution in [0, 0.1) is 16.7 Å². The van der Waals surface area contributed by atoms with Crippen LogP contribution < -0.4 is 4.90 Å². The second-order valence-electron chi connectivity index (χ2n) is 8.33. The number of rotatable bonds is 1. The molecule has 7 heteroatoms. The number of ketones is 1. The van der Waals surface area contributed by atoms with Crippen molar-refractivity contribution in [1.82, 2.24) is 9.88 Å². The van der Waals surface area contributed by atoms with Crippen molar-refractivity contribution in [2.45, 2.75) is 45.6 Å². The van der Waals surface area contributed by atoms with E-state index < -0.39 is 11.0 Å². The van der Waals surface area contributed by atoms with Crippen molar-refractivity contribution in [3.8, 4) is 6.07 Å². The van der Waals surface area contributed by atoms with Gasteiger partial charge in [-0.05, 0) is 45.7 Å². The van der Waals surface area contributed by atoms with E-state index in [1.165, 1.54) is 0 Å². The predicted octanol–water partition coefficient (Wildman–Crippen LogP) is 2.75. The van der Waals surface area contributed by atoms with E-state index in [0.29, 0.717) is 56.8 Å². The van der Waals surface area contributed by atoms with E-state index >= 15 is 0 Å². The molecule has 1 aromatic heterocycles. The number of carbonyl (C=O) groups is 2. The molecule has 0 aliphatic carbocycles. The van der Waals surface area contributed by atoms with Crippen LogP contribution in [0.4, 0.5) is 10.6 Å². The summed E-state index contributed by atoms with van der Waals surface area (Å²) in [5.74, 6) is 0.887. The number of hydrogen-bond donors (Lipinski definition) is 0. The van der Waals surface area contributed by atoms with Crippen LogP contribution in [-0.2, 0) is 9.53 Å². The molecule has 1 amide bonds. The van der Waals surface area contributed by atoms with Crippen LogP contribution in [0.3, 0.4) is 0 Å². The van der Waals surface area contributed by atoms with Gasteiger partial charge in [0.15, 0.2) is 0 Å². The molecule has 1 aromatic rings. The van der Waals surface area contributed by atoms with Gasteiger partial charge in [0.05, 0.1) is 5.56 Å². The van der Waals surface area contributed by atoms with E-state index in [1.807, 2.05) is 25.7 Å². The van der Waals surface area contributed by atoms with Crippen molar-refractivity contribution in [1.29, 1.82) is 5.26 Å². The Morgan fingerprint density at radius 1 is 1.30 bits per heavy atom. The second kappa shape index (κ2) is 7.18. The van der Waals surface area contributed by atoms with E-state index in [2.05, 4.69) is 11.1 Å². The maximum absolute atomic E-state index is 12.8. The number of carbonyl (C=O) groups excluding carboxylic acids is 2. The summed E-state index contributed by atoms with van der Waals surface area (Å²) in [5, 5.41) is 9.35. The molecule has 2 fully saturated rings. The lowest BCUT2D eigenvalue weighted by molar-refractivity contribution is -0.132. The Morgan fingerprint density at radius 3 is 2.63 bits per heavy atom. The number of aromatic nitrogens is 1. The lowest BCUT2D eigenvalue weighted by Gasteiger charge is -2.46. The minimum Gasteiger partial charge on any atom is -0.444 e. The first-order valence-electron chi connectivity index (χ1n) is 9.35. The predicted molar refractivity (Wildman–Crippen MR) is 100 cm³/mol. The van der Waals surface area contributed by atoms with Crippen molar-refractivity contribution in [2.24, 2.45) is 5.41 Å². The molecule has 0 bridgehead atoms. The number of anilines is 1. The fraction of sp³-hybridized carbons (Fsp3) is 0.600. The van der Waals surface area contributed by atoms with Crippen LogP contribution in [0.25, 0.3) is 0 Å². The van der Waals surface area contributed by atoms with Crippen LogP contribution in [0.2, 0.25) is 0 Å². The molecule has 0 atom stereocenters. The quantitative estimate of drug-likeness (QED) is 0.755. The summed E-state index contributed by atoms with van der Waals surface area (Å²) in [7, 11) is 0. The third-order valence-corrected chi connectivity index (χ3v) is 5.27. The molecule has 1 spiro atoms. The Hall–Kier alpha value is -2.62. The average Bonchev–Trinajstić information content (AvgIpc) is 2.63. The zero-order valence-corrected chi connectivity index (χ0v) is 16.2. The summed E-state index contributed by atoms with van der Waals surface area (Å²) in [6.45, 7) is 7.65. The molecule has 0 N–H and O–H groups in total. The number of Topliss-reactive ketones (excluding diaryl/α,β-unsaturated/α-hetero) is 1. The lowest BCUT2D eigenvalue weighted by atomic mass is 9.71. The fourth-order valence-corrected chi connectivity index (χ4v) is 3.83. The number of likely N-dealkylation sites (tertiary alicyclic amines) is 1. The van der Waals surface area contributed by atoms with Crippen LogP contribution in [0.5, 0.6) is 0 Å². The van der Waals surface area contributed by atoms with Crippen molar-refractivity contribution >= 4 is 17.7 Å². The highest BCUT2D eigenvalue weighted by atomic mass is 16.6. The Balaban J connectivity index is 1.72. The molecular formula is C20H26N4O3. The highest BCUT2D eigenvalue weighted by Crippen LogP contribution is 2.39. The summed E-state index contributed by atoms with van der Waals surface area (Å²) in [6.07, 6.45) is 3.00. The van der Waals surface area contributed by atoms with Crippen molar-refractivity contribution in [3.05, 3.63) is 23.9 Å². The molecule has 0 radical (unpaired) electrons. The number of hydrogen-bond acceptors (Lipinski definition) is 6. The number of nitrogens with zero attached hydrogens (tertiary/aromatic N) is 4. The summed E-state index contributed by atoms with van der Waals surface area (Å²) < 4.78 is 5.45. The third-order valence-electron chi connectivity index (χ3n) is 5.27. The zero-order valence-electron chi connectivity index (χ0n) is 16.2. The van der Waals surface area contributed by atoms with Crippen LogP contribution in [0.1, 0.15) is 45.6 Å². The second-order valence-corrected chi connectivity index (χ2v) is 8.33. The highest BCUT2D eigenvalue weighted by molar-refractivity contribution is 5.88. The normalized spacial score (nSPS) is 19.7. The Bertz CT molecular complexity index is 770. The zero-order chi connectivity index (χ0) is 19.7. The number of amides is 1. The van der Waals surface area contributed by atoms with Gasteiger partial charge in [0.2, 0.25) is 0 Å². The van der Waals surface area contributed by atoms with Crippen molar-refractivity contribution in [2.75, 3.05) is 31.1 Å². The van der Waals surface area contributed by atoms with Gasteiger partial charge in [-0.2, -0.15) is 5.26 Å². The van der Waals surface area contributed by atoms with E-state index in [9.17, 15) is 14.9 Å². The van der Waals surface area contributed by atoms with Gasteiger partial charge in [-0.25, -0.2) is 9.78 Å². The van der Waals surface area contributed by atoms with E-state index in [1.54, 1.807) is 23.2 Å². The van der Waals surface area contributed by atoms with E-state index in [-0.39, 0.29) is 11.9 Å². The van der Waals surface area contributed by atoms with Gasteiger partial charge in [0.25, 0.3) is 0 Å². The van der Waals surface area contributed by atoms with Gasteiger partial charge in [0, 0.05) is 44.2 Å². The number of ether oxygens (including phenoxy) is 1. The first kappa shape index (κ1) is 19.2. The standard InChI is InChI=1S/C20H26N4O3/c1-19(2,3)27-18(26)23-11-7-20(8-12-23)14-24(10-6-16(20)25)17-15(13-21)5-4-9-22-17/h4-5,9H,6-8,10-12,14H2,1-3H3. The Labute approximate surface area is 159 Å². The molecule has 3 heterocycles. The number of pyridine rings is 1. The maximum atomic E-state index is 12.8. The molecule has 144 valence electrons. The minimum atomic E-state index is -0.531. The van der Waals surface area contributed by atoms with Gasteiger partial charge in [-0.3, -0.25) is 4.79 Å².